The Balaban J connectivity index is 1.73. The van der Waals surface area contributed by atoms with Crippen LogP contribution in [-0.4, -0.2) is 43.2 Å². The van der Waals surface area contributed by atoms with Crippen molar-refractivity contribution in [2.24, 2.45) is 0 Å². The number of hydrogen-bond acceptors (Lipinski definition) is 4. The van der Waals surface area contributed by atoms with Gasteiger partial charge in [-0.3, -0.25) is 4.79 Å². The number of carbonyl (C=O) groups excluding carboxylic acids is 1. The third kappa shape index (κ3) is 3.79. The molecule has 0 saturated heterocycles. The number of rotatable bonds is 8. The van der Waals surface area contributed by atoms with E-state index in [-0.39, 0.29) is 5.91 Å². The number of amides is 1. The number of fused-ring (bicyclic) bond motifs is 1. The number of benzene rings is 1. The molecule has 27 heavy (non-hydrogen) atoms. The summed E-state index contributed by atoms with van der Waals surface area (Å²) in [6, 6.07) is 9.57. The van der Waals surface area contributed by atoms with Gasteiger partial charge in [0.25, 0.3) is 5.91 Å². The molecule has 0 spiro atoms. The third-order valence-electron chi connectivity index (χ3n) is 4.72. The molecule has 0 saturated carbocycles. The van der Waals surface area contributed by atoms with Crippen LogP contribution in [0.1, 0.15) is 29.4 Å². The van der Waals surface area contributed by atoms with Gasteiger partial charge in [0.2, 0.25) is 0 Å². The number of furan rings is 1. The van der Waals surface area contributed by atoms with Crippen LogP contribution in [0, 0.1) is 0 Å². The van der Waals surface area contributed by atoms with E-state index in [1.165, 1.54) is 0 Å². The Morgan fingerprint density at radius 2 is 1.93 bits per heavy atom. The van der Waals surface area contributed by atoms with E-state index in [1.807, 2.05) is 41.9 Å². The zero-order valence-corrected chi connectivity index (χ0v) is 16.3. The zero-order chi connectivity index (χ0) is 19.4. The first-order valence-corrected chi connectivity index (χ1v) is 9.12. The predicted molar refractivity (Wildman–Crippen MR) is 105 cm³/mol. The van der Waals surface area contributed by atoms with Crippen LogP contribution in [0.5, 0.6) is 11.5 Å². The van der Waals surface area contributed by atoms with Crippen molar-refractivity contribution in [3.8, 4) is 11.5 Å². The summed E-state index contributed by atoms with van der Waals surface area (Å²) in [5.41, 5.74) is 3.47. The van der Waals surface area contributed by atoms with Crippen molar-refractivity contribution in [1.29, 1.82) is 0 Å². The lowest BCUT2D eigenvalue weighted by Crippen LogP contribution is -2.30. The summed E-state index contributed by atoms with van der Waals surface area (Å²) >= 11 is 0. The van der Waals surface area contributed by atoms with Gasteiger partial charge in [-0.2, -0.15) is 0 Å². The highest BCUT2D eigenvalue weighted by Gasteiger charge is 2.20. The lowest BCUT2D eigenvalue weighted by molar-refractivity contribution is 0.0786. The Kier molecular flexibility index (Phi) is 5.74. The van der Waals surface area contributed by atoms with Crippen molar-refractivity contribution < 1.29 is 18.7 Å². The summed E-state index contributed by atoms with van der Waals surface area (Å²) in [6.07, 6.45) is 3.34. The molecule has 0 bridgehead atoms. The van der Waals surface area contributed by atoms with Gasteiger partial charge < -0.3 is 23.4 Å². The summed E-state index contributed by atoms with van der Waals surface area (Å²) in [7, 11) is 5.06. The van der Waals surface area contributed by atoms with Gasteiger partial charge in [0.1, 0.15) is 5.69 Å². The van der Waals surface area contributed by atoms with Crippen LogP contribution >= 0.6 is 0 Å². The van der Waals surface area contributed by atoms with Crippen molar-refractivity contribution in [2.45, 2.75) is 26.3 Å². The van der Waals surface area contributed by atoms with Crippen LogP contribution in [-0.2, 0) is 13.0 Å². The van der Waals surface area contributed by atoms with Crippen molar-refractivity contribution in [1.82, 2.24) is 9.47 Å². The maximum Gasteiger partial charge on any atom is 0.270 e. The summed E-state index contributed by atoms with van der Waals surface area (Å²) in [4.78, 5) is 14.7. The molecule has 6 heteroatoms. The average molecular weight is 370 g/mol. The molecule has 2 heterocycles. The highest BCUT2D eigenvalue weighted by Crippen LogP contribution is 2.28. The maximum absolute atomic E-state index is 13.0. The minimum atomic E-state index is -0.00433. The summed E-state index contributed by atoms with van der Waals surface area (Å²) < 4.78 is 18.1. The molecule has 0 aliphatic carbocycles. The molecule has 0 N–H and O–H groups in total. The summed E-state index contributed by atoms with van der Waals surface area (Å²) in [5, 5.41) is 0. The number of likely N-dealkylation sites (N-methyl/N-ethyl adjacent to an activating group) is 1. The van der Waals surface area contributed by atoms with Gasteiger partial charge in [-0.15, -0.1) is 0 Å². The van der Waals surface area contributed by atoms with E-state index < -0.39 is 0 Å². The van der Waals surface area contributed by atoms with Crippen molar-refractivity contribution in [3.05, 3.63) is 47.9 Å². The van der Waals surface area contributed by atoms with Gasteiger partial charge in [0.15, 0.2) is 17.1 Å². The van der Waals surface area contributed by atoms with Gasteiger partial charge in [-0.25, -0.2) is 0 Å². The van der Waals surface area contributed by atoms with Crippen LogP contribution in [0.3, 0.4) is 0 Å². The molecular weight excluding hydrogens is 344 g/mol. The Hall–Kier alpha value is -2.89. The first-order chi connectivity index (χ1) is 13.1. The SMILES string of the molecule is CCCn1c(C(=O)N(C)CCc2ccc(OC)c(OC)c2)cc2occc21. The lowest BCUT2D eigenvalue weighted by Gasteiger charge is -2.19. The zero-order valence-electron chi connectivity index (χ0n) is 16.3. The summed E-state index contributed by atoms with van der Waals surface area (Å²) in [6.45, 7) is 3.49. The second-order valence-electron chi connectivity index (χ2n) is 6.52. The van der Waals surface area contributed by atoms with E-state index in [1.54, 1.807) is 25.4 Å². The maximum atomic E-state index is 13.0. The highest BCUT2D eigenvalue weighted by atomic mass is 16.5. The fraction of sp³-hybridized carbons (Fsp3) is 0.381. The standard InChI is InChI=1S/C21H26N2O4/c1-5-10-23-16-9-12-27-19(16)14-17(23)21(24)22(2)11-8-15-6-7-18(25-3)20(13-15)26-4/h6-7,9,12-14H,5,8,10-11H2,1-4H3. The highest BCUT2D eigenvalue weighted by molar-refractivity contribution is 5.97. The van der Waals surface area contributed by atoms with Crippen molar-refractivity contribution in [2.75, 3.05) is 27.8 Å². The molecule has 1 amide bonds. The van der Waals surface area contributed by atoms with Crippen LogP contribution in [0.25, 0.3) is 11.1 Å². The lowest BCUT2D eigenvalue weighted by atomic mass is 10.1. The molecule has 3 rings (SSSR count). The van der Waals surface area contributed by atoms with Gasteiger partial charge >= 0.3 is 0 Å². The first kappa shape index (κ1) is 18.9. The topological polar surface area (TPSA) is 56.8 Å². The number of carbonyl (C=O) groups is 1. The van der Waals surface area contributed by atoms with Crippen LogP contribution in [0.4, 0.5) is 0 Å². The average Bonchev–Trinajstić information content (AvgIpc) is 3.28. The van der Waals surface area contributed by atoms with Gasteiger partial charge in [0.05, 0.1) is 26.0 Å². The third-order valence-corrected chi connectivity index (χ3v) is 4.72. The van der Waals surface area contributed by atoms with Crippen molar-refractivity contribution in [3.63, 3.8) is 0 Å². The fourth-order valence-electron chi connectivity index (χ4n) is 3.25. The normalized spacial score (nSPS) is 11.0. The molecule has 1 aromatic carbocycles. The van der Waals surface area contributed by atoms with Gasteiger partial charge in [-0.1, -0.05) is 13.0 Å². The van der Waals surface area contributed by atoms with E-state index in [9.17, 15) is 4.79 Å². The molecule has 0 unspecified atom stereocenters. The van der Waals surface area contributed by atoms with E-state index in [0.717, 1.165) is 36.0 Å². The van der Waals surface area contributed by atoms with E-state index >= 15 is 0 Å². The first-order valence-electron chi connectivity index (χ1n) is 9.12. The molecule has 0 atom stereocenters. The van der Waals surface area contributed by atoms with Crippen LogP contribution in [0.15, 0.2) is 41.0 Å². The van der Waals surface area contributed by atoms with Crippen molar-refractivity contribution >= 4 is 17.0 Å². The fourth-order valence-corrected chi connectivity index (χ4v) is 3.25. The van der Waals surface area contributed by atoms with Crippen LogP contribution < -0.4 is 9.47 Å². The number of ether oxygens (including phenoxy) is 2. The number of aromatic nitrogens is 1. The van der Waals surface area contributed by atoms with Gasteiger partial charge in [-0.05, 0) is 30.5 Å². The van der Waals surface area contributed by atoms with E-state index in [4.69, 9.17) is 13.9 Å². The molecule has 0 fully saturated rings. The molecule has 0 aliphatic heterocycles. The minimum Gasteiger partial charge on any atom is -0.493 e. The largest absolute Gasteiger partial charge is 0.493 e. The number of hydrogen-bond donors (Lipinski definition) is 0. The monoisotopic (exact) mass is 370 g/mol. The minimum absolute atomic E-state index is 0.00433. The molecule has 6 nitrogen and oxygen atoms in total. The Labute approximate surface area is 159 Å². The quantitative estimate of drug-likeness (QED) is 0.602. The Bertz CT molecular complexity index is 926. The Morgan fingerprint density at radius 1 is 1.15 bits per heavy atom. The number of nitrogens with zero attached hydrogens (tertiary/aromatic N) is 2. The van der Waals surface area contributed by atoms with Gasteiger partial charge in [0, 0.05) is 32.3 Å². The number of methoxy groups -OCH3 is 2. The summed E-state index contributed by atoms with van der Waals surface area (Å²) in [5.74, 6) is 1.39. The molecule has 0 aliphatic rings. The van der Waals surface area contributed by atoms with E-state index in [2.05, 4.69) is 6.92 Å². The van der Waals surface area contributed by atoms with Crippen LogP contribution in [0.2, 0.25) is 0 Å². The smallest absolute Gasteiger partial charge is 0.270 e. The Morgan fingerprint density at radius 3 is 2.63 bits per heavy atom. The molecule has 144 valence electrons. The predicted octanol–water partition coefficient (Wildman–Crippen LogP) is 3.98. The number of aryl methyl sites for hydroxylation is 1. The molecule has 2 aromatic heterocycles. The molecular formula is C21H26N2O4. The second kappa shape index (κ2) is 8.20. The van der Waals surface area contributed by atoms with E-state index in [0.29, 0.717) is 23.7 Å². The molecule has 3 aromatic rings. The molecule has 0 radical (unpaired) electrons. The second-order valence-corrected chi connectivity index (χ2v) is 6.52.